The average molecular weight is 249 g/mol. The van der Waals surface area contributed by atoms with Crippen LogP contribution in [0.15, 0.2) is 36.7 Å². The Hall–Kier alpha value is -2.21. The van der Waals surface area contributed by atoms with Gasteiger partial charge in [0.15, 0.2) is 0 Å². The van der Waals surface area contributed by atoms with E-state index in [0.717, 1.165) is 0 Å². The van der Waals surface area contributed by atoms with E-state index in [4.69, 9.17) is 4.74 Å². The zero-order valence-electron chi connectivity index (χ0n) is 9.76. The van der Waals surface area contributed by atoms with Crippen molar-refractivity contribution in [3.05, 3.63) is 48.0 Å². The third-order valence-electron chi connectivity index (χ3n) is 2.26. The van der Waals surface area contributed by atoms with E-state index in [1.54, 1.807) is 18.0 Å². The molecule has 1 aromatic carbocycles. The molecule has 1 amide bonds. The summed E-state index contributed by atoms with van der Waals surface area (Å²) >= 11 is 0. The lowest BCUT2D eigenvalue weighted by Gasteiger charge is -2.02. The first-order valence-corrected chi connectivity index (χ1v) is 5.27. The number of carbonyl (C=O) groups excluding carboxylic acids is 1. The van der Waals surface area contributed by atoms with Crippen LogP contribution >= 0.6 is 0 Å². The molecule has 0 bridgehead atoms. The minimum absolute atomic E-state index is 0.312. The van der Waals surface area contributed by atoms with Crippen molar-refractivity contribution in [1.29, 1.82) is 0 Å². The molecule has 0 atom stereocenters. The smallest absolute Gasteiger partial charge is 0.255 e. The molecule has 6 heteroatoms. The van der Waals surface area contributed by atoms with E-state index in [0.29, 0.717) is 18.0 Å². The lowest BCUT2D eigenvalue weighted by Crippen LogP contribution is -2.11. The van der Waals surface area contributed by atoms with Crippen LogP contribution in [0.2, 0.25) is 0 Å². The molecule has 2 aromatic rings. The molecule has 0 aliphatic carbocycles. The van der Waals surface area contributed by atoms with Gasteiger partial charge >= 0.3 is 0 Å². The molecule has 0 fully saturated rings. The maximum Gasteiger partial charge on any atom is 0.255 e. The van der Waals surface area contributed by atoms with Gasteiger partial charge in [0.1, 0.15) is 12.5 Å². The van der Waals surface area contributed by atoms with E-state index < -0.39 is 0 Å². The molecule has 1 aromatic heterocycles. The van der Waals surface area contributed by atoms with Gasteiger partial charge in [-0.2, -0.15) is 5.10 Å². The predicted octanol–water partition coefficient (Wildman–Crippen LogP) is 1.88. The van der Waals surface area contributed by atoms with E-state index in [1.807, 2.05) is 0 Å². The Balaban J connectivity index is 2.04. The number of anilines is 1. The number of benzene rings is 1. The third kappa shape index (κ3) is 2.92. The van der Waals surface area contributed by atoms with E-state index in [9.17, 15) is 9.18 Å². The number of nitrogens with one attached hydrogen (secondary N) is 1. The summed E-state index contributed by atoms with van der Waals surface area (Å²) < 4.78 is 19.1. The fourth-order valence-electron chi connectivity index (χ4n) is 1.44. The molecule has 0 spiro atoms. The first kappa shape index (κ1) is 12.3. The topological polar surface area (TPSA) is 56.1 Å². The number of amides is 1. The predicted molar refractivity (Wildman–Crippen MR) is 63.6 cm³/mol. The lowest BCUT2D eigenvalue weighted by atomic mass is 10.2. The molecule has 1 heterocycles. The Bertz CT molecular complexity index is 537. The number of halogens is 1. The Kier molecular flexibility index (Phi) is 3.69. The van der Waals surface area contributed by atoms with Crippen LogP contribution in [0.3, 0.4) is 0 Å². The largest absolute Gasteiger partial charge is 0.362 e. The van der Waals surface area contributed by atoms with Crippen LogP contribution in [0.25, 0.3) is 0 Å². The van der Waals surface area contributed by atoms with Crippen molar-refractivity contribution in [2.45, 2.75) is 6.73 Å². The second kappa shape index (κ2) is 5.42. The molecule has 2 rings (SSSR count). The highest BCUT2D eigenvalue weighted by molar-refractivity contribution is 6.04. The molecule has 0 radical (unpaired) electrons. The van der Waals surface area contributed by atoms with Gasteiger partial charge in [-0.3, -0.25) is 4.79 Å². The standard InChI is InChI=1S/C12H12FN3O2/c1-18-8-16-7-11(6-14-16)15-12(17)9-2-4-10(13)5-3-9/h2-7H,8H2,1H3,(H,15,17). The minimum atomic E-state index is -0.375. The van der Waals surface area contributed by atoms with E-state index in [1.165, 1.54) is 30.5 Å². The minimum Gasteiger partial charge on any atom is -0.362 e. The molecule has 0 saturated heterocycles. The second-order valence-corrected chi connectivity index (χ2v) is 3.65. The maximum atomic E-state index is 12.7. The molecule has 18 heavy (non-hydrogen) atoms. The molecule has 0 unspecified atom stereocenters. The number of methoxy groups -OCH3 is 1. The van der Waals surface area contributed by atoms with Crippen LogP contribution in [0.1, 0.15) is 10.4 Å². The SMILES string of the molecule is COCn1cc(NC(=O)c2ccc(F)cc2)cn1. The Morgan fingerprint density at radius 2 is 2.17 bits per heavy atom. The van der Waals surface area contributed by atoms with Crippen LogP contribution in [-0.4, -0.2) is 22.8 Å². The van der Waals surface area contributed by atoms with E-state index in [-0.39, 0.29) is 11.7 Å². The van der Waals surface area contributed by atoms with E-state index >= 15 is 0 Å². The van der Waals surface area contributed by atoms with Crippen molar-refractivity contribution in [1.82, 2.24) is 9.78 Å². The highest BCUT2D eigenvalue weighted by Gasteiger charge is 2.07. The molecule has 5 nitrogen and oxygen atoms in total. The molecule has 0 saturated carbocycles. The summed E-state index contributed by atoms with van der Waals surface area (Å²) in [5, 5.41) is 6.64. The van der Waals surface area contributed by atoms with Gasteiger partial charge in [-0.1, -0.05) is 0 Å². The second-order valence-electron chi connectivity index (χ2n) is 3.65. The van der Waals surface area contributed by atoms with Gasteiger partial charge in [-0.15, -0.1) is 0 Å². The van der Waals surface area contributed by atoms with Crippen molar-refractivity contribution in [2.75, 3.05) is 12.4 Å². The molecule has 1 N–H and O–H groups in total. The fourth-order valence-corrected chi connectivity index (χ4v) is 1.44. The van der Waals surface area contributed by atoms with Gasteiger partial charge in [0.25, 0.3) is 5.91 Å². The third-order valence-corrected chi connectivity index (χ3v) is 2.26. The zero-order valence-corrected chi connectivity index (χ0v) is 9.76. The van der Waals surface area contributed by atoms with Gasteiger partial charge < -0.3 is 10.1 Å². The molecule has 94 valence electrons. The summed E-state index contributed by atoms with van der Waals surface area (Å²) in [6.45, 7) is 0.312. The number of aromatic nitrogens is 2. The first-order valence-electron chi connectivity index (χ1n) is 5.27. The van der Waals surface area contributed by atoms with Gasteiger partial charge in [0.2, 0.25) is 0 Å². The van der Waals surface area contributed by atoms with Crippen LogP contribution in [0.5, 0.6) is 0 Å². The van der Waals surface area contributed by atoms with Crippen molar-refractivity contribution in [3.8, 4) is 0 Å². The molecular weight excluding hydrogens is 237 g/mol. The summed E-state index contributed by atoms with van der Waals surface area (Å²) in [6.07, 6.45) is 3.16. The number of hydrogen-bond acceptors (Lipinski definition) is 3. The van der Waals surface area contributed by atoms with Gasteiger partial charge in [0, 0.05) is 12.7 Å². The highest BCUT2D eigenvalue weighted by Crippen LogP contribution is 2.09. The van der Waals surface area contributed by atoms with Crippen LogP contribution < -0.4 is 5.32 Å². The highest BCUT2D eigenvalue weighted by atomic mass is 19.1. The van der Waals surface area contributed by atoms with Gasteiger partial charge in [-0.25, -0.2) is 9.07 Å². The van der Waals surface area contributed by atoms with Crippen molar-refractivity contribution >= 4 is 11.6 Å². The number of ether oxygens (including phenoxy) is 1. The summed E-state index contributed by atoms with van der Waals surface area (Å²) in [5.74, 6) is -0.688. The Morgan fingerprint density at radius 1 is 1.44 bits per heavy atom. The Morgan fingerprint density at radius 3 is 2.83 bits per heavy atom. The summed E-state index contributed by atoms with van der Waals surface area (Å²) in [6, 6.07) is 5.32. The normalized spacial score (nSPS) is 10.3. The average Bonchev–Trinajstić information content (AvgIpc) is 2.78. The maximum absolute atomic E-state index is 12.7. The van der Waals surface area contributed by atoms with Crippen molar-refractivity contribution in [2.24, 2.45) is 0 Å². The number of rotatable bonds is 4. The summed E-state index contributed by atoms with van der Waals surface area (Å²) in [4.78, 5) is 11.8. The summed E-state index contributed by atoms with van der Waals surface area (Å²) in [5.41, 5.74) is 0.942. The molecule has 0 aliphatic rings. The fraction of sp³-hybridized carbons (Fsp3) is 0.167. The number of hydrogen-bond donors (Lipinski definition) is 1. The monoisotopic (exact) mass is 249 g/mol. The molecular formula is C12H12FN3O2. The van der Waals surface area contributed by atoms with Crippen LogP contribution in [0, 0.1) is 5.82 Å². The van der Waals surface area contributed by atoms with Gasteiger partial charge in [0.05, 0.1) is 18.1 Å². The molecule has 0 aliphatic heterocycles. The number of carbonyl (C=O) groups is 1. The van der Waals surface area contributed by atoms with Crippen molar-refractivity contribution in [3.63, 3.8) is 0 Å². The van der Waals surface area contributed by atoms with Crippen molar-refractivity contribution < 1.29 is 13.9 Å². The first-order chi connectivity index (χ1) is 8.69. The number of nitrogens with zero attached hydrogens (tertiary/aromatic N) is 2. The Labute approximate surface area is 103 Å². The van der Waals surface area contributed by atoms with E-state index in [2.05, 4.69) is 10.4 Å². The van der Waals surface area contributed by atoms with Crippen LogP contribution in [0.4, 0.5) is 10.1 Å². The zero-order chi connectivity index (χ0) is 13.0. The lowest BCUT2D eigenvalue weighted by molar-refractivity contribution is 0.102. The van der Waals surface area contributed by atoms with Crippen LogP contribution in [-0.2, 0) is 11.5 Å². The quantitative estimate of drug-likeness (QED) is 0.900. The van der Waals surface area contributed by atoms with Gasteiger partial charge in [-0.05, 0) is 24.3 Å². The summed E-state index contributed by atoms with van der Waals surface area (Å²) in [7, 11) is 1.55.